The number of aromatic nitrogens is 2. The second kappa shape index (κ2) is 4.16. The van der Waals surface area contributed by atoms with E-state index in [4.69, 9.17) is 5.11 Å². The van der Waals surface area contributed by atoms with Gasteiger partial charge in [-0.25, -0.2) is 4.98 Å². The van der Waals surface area contributed by atoms with E-state index in [0.717, 1.165) is 16.7 Å². The summed E-state index contributed by atoms with van der Waals surface area (Å²) >= 11 is 3.11. The van der Waals surface area contributed by atoms with Crippen LogP contribution in [-0.2, 0) is 6.54 Å². The summed E-state index contributed by atoms with van der Waals surface area (Å²) in [7, 11) is 1.95. The van der Waals surface area contributed by atoms with Crippen LogP contribution in [0.5, 0.6) is 5.88 Å². The quantitative estimate of drug-likeness (QED) is 0.895. The van der Waals surface area contributed by atoms with E-state index in [-0.39, 0.29) is 5.88 Å². The van der Waals surface area contributed by atoms with Gasteiger partial charge < -0.3 is 10.0 Å². The molecule has 0 atom stereocenters. The zero-order valence-corrected chi connectivity index (χ0v) is 10.1. The number of aromatic hydroxyl groups is 1. The van der Waals surface area contributed by atoms with E-state index >= 15 is 0 Å². The SMILES string of the molecule is Cc1ncc(CN(C)c2nc(O)cs2)s1. The van der Waals surface area contributed by atoms with E-state index in [1.165, 1.54) is 16.2 Å². The number of thiazole rings is 2. The first kappa shape index (κ1) is 10.4. The molecule has 15 heavy (non-hydrogen) atoms. The molecule has 0 amide bonds. The highest BCUT2D eigenvalue weighted by Gasteiger charge is 2.08. The maximum atomic E-state index is 9.14. The lowest BCUT2D eigenvalue weighted by Gasteiger charge is -2.13. The van der Waals surface area contributed by atoms with Crippen molar-refractivity contribution in [2.24, 2.45) is 0 Å². The Hall–Kier alpha value is -1.14. The van der Waals surface area contributed by atoms with Crippen molar-refractivity contribution < 1.29 is 5.11 Å². The van der Waals surface area contributed by atoms with Crippen LogP contribution in [-0.4, -0.2) is 22.1 Å². The van der Waals surface area contributed by atoms with Crippen LogP contribution in [0.4, 0.5) is 5.13 Å². The van der Waals surface area contributed by atoms with Crippen LogP contribution in [0.2, 0.25) is 0 Å². The highest BCUT2D eigenvalue weighted by molar-refractivity contribution is 7.14. The van der Waals surface area contributed by atoms with E-state index in [1.807, 2.05) is 25.1 Å². The van der Waals surface area contributed by atoms with E-state index in [0.29, 0.717) is 0 Å². The lowest BCUT2D eigenvalue weighted by Crippen LogP contribution is -2.14. The van der Waals surface area contributed by atoms with Crippen LogP contribution in [0.15, 0.2) is 11.6 Å². The van der Waals surface area contributed by atoms with Crippen LogP contribution in [0, 0.1) is 6.92 Å². The third-order valence-corrected chi connectivity index (χ3v) is 3.71. The van der Waals surface area contributed by atoms with Crippen molar-refractivity contribution in [1.29, 1.82) is 0 Å². The molecule has 0 aromatic carbocycles. The zero-order valence-electron chi connectivity index (χ0n) is 8.47. The summed E-state index contributed by atoms with van der Waals surface area (Å²) < 4.78 is 0. The van der Waals surface area contributed by atoms with Crippen molar-refractivity contribution in [3.8, 4) is 5.88 Å². The molecule has 2 heterocycles. The second-order valence-electron chi connectivity index (χ2n) is 3.19. The molecule has 6 heteroatoms. The number of hydrogen-bond donors (Lipinski definition) is 1. The Bertz CT molecular complexity index is 452. The van der Waals surface area contributed by atoms with Gasteiger partial charge in [-0.15, -0.1) is 22.7 Å². The fraction of sp³-hybridized carbons (Fsp3) is 0.333. The average Bonchev–Trinajstić information content (AvgIpc) is 2.75. The maximum Gasteiger partial charge on any atom is 0.223 e. The molecule has 2 aromatic rings. The molecule has 0 radical (unpaired) electrons. The Morgan fingerprint density at radius 3 is 2.87 bits per heavy atom. The molecular formula is C9H11N3OS2. The summed E-state index contributed by atoms with van der Waals surface area (Å²) in [5.74, 6) is 0.0855. The zero-order chi connectivity index (χ0) is 10.8. The number of aryl methyl sites for hydroxylation is 1. The molecule has 0 aliphatic carbocycles. The lowest BCUT2D eigenvalue weighted by molar-refractivity contribution is 0.457. The summed E-state index contributed by atoms with van der Waals surface area (Å²) in [4.78, 5) is 11.4. The van der Waals surface area contributed by atoms with E-state index in [2.05, 4.69) is 9.97 Å². The molecule has 4 nitrogen and oxygen atoms in total. The van der Waals surface area contributed by atoms with Gasteiger partial charge in [-0.1, -0.05) is 0 Å². The molecule has 80 valence electrons. The van der Waals surface area contributed by atoms with Crippen molar-refractivity contribution in [2.45, 2.75) is 13.5 Å². The number of nitrogens with zero attached hydrogens (tertiary/aromatic N) is 3. The molecule has 0 unspecified atom stereocenters. The summed E-state index contributed by atoms with van der Waals surface area (Å²) in [5, 5.41) is 12.7. The molecule has 0 aliphatic rings. The predicted molar refractivity (Wildman–Crippen MR) is 62.7 cm³/mol. The third kappa shape index (κ3) is 2.45. The number of hydrogen-bond acceptors (Lipinski definition) is 6. The first-order valence-electron chi connectivity index (χ1n) is 4.42. The number of rotatable bonds is 3. The van der Waals surface area contributed by atoms with Crippen molar-refractivity contribution >= 4 is 27.8 Å². The minimum Gasteiger partial charge on any atom is -0.493 e. The molecule has 1 N–H and O–H groups in total. The van der Waals surface area contributed by atoms with Crippen LogP contribution in [0.25, 0.3) is 0 Å². The van der Waals surface area contributed by atoms with Gasteiger partial charge in [-0.05, 0) is 6.92 Å². The molecule has 0 aliphatic heterocycles. The van der Waals surface area contributed by atoms with Crippen LogP contribution in [0.3, 0.4) is 0 Å². The van der Waals surface area contributed by atoms with Gasteiger partial charge in [0, 0.05) is 18.1 Å². The molecule has 2 aromatic heterocycles. The molecule has 0 bridgehead atoms. The third-order valence-electron chi connectivity index (χ3n) is 1.87. The van der Waals surface area contributed by atoms with Crippen molar-refractivity contribution in [1.82, 2.24) is 9.97 Å². The van der Waals surface area contributed by atoms with E-state index < -0.39 is 0 Å². The van der Waals surface area contributed by atoms with Crippen molar-refractivity contribution in [3.05, 3.63) is 21.5 Å². The summed E-state index contributed by atoms with van der Waals surface area (Å²) in [5.41, 5.74) is 0. The van der Waals surface area contributed by atoms with E-state index in [9.17, 15) is 0 Å². The first-order valence-corrected chi connectivity index (χ1v) is 6.11. The molecule has 0 saturated heterocycles. The molecule has 0 saturated carbocycles. The maximum absolute atomic E-state index is 9.14. The largest absolute Gasteiger partial charge is 0.493 e. The number of anilines is 1. The summed E-state index contributed by atoms with van der Waals surface area (Å²) in [6.45, 7) is 2.77. The lowest BCUT2D eigenvalue weighted by atomic mass is 10.5. The Kier molecular flexibility index (Phi) is 2.88. The Labute approximate surface area is 95.9 Å². The van der Waals surface area contributed by atoms with Crippen LogP contribution in [0.1, 0.15) is 9.88 Å². The highest BCUT2D eigenvalue weighted by Crippen LogP contribution is 2.25. The van der Waals surface area contributed by atoms with Gasteiger partial charge in [0.15, 0.2) is 5.13 Å². The Morgan fingerprint density at radius 2 is 2.33 bits per heavy atom. The van der Waals surface area contributed by atoms with Gasteiger partial charge in [0.1, 0.15) is 0 Å². The molecule has 2 rings (SSSR count). The van der Waals surface area contributed by atoms with Gasteiger partial charge in [0.2, 0.25) is 5.88 Å². The summed E-state index contributed by atoms with van der Waals surface area (Å²) in [6, 6.07) is 0. The normalized spacial score (nSPS) is 10.5. The summed E-state index contributed by atoms with van der Waals surface area (Å²) in [6.07, 6.45) is 1.88. The van der Waals surface area contributed by atoms with Gasteiger partial charge in [-0.3, -0.25) is 0 Å². The van der Waals surface area contributed by atoms with Gasteiger partial charge in [0.25, 0.3) is 0 Å². The Morgan fingerprint density at radius 1 is 1.53 bits per heavy atom. The predicted octanol–water partition coefficient (Wildman–Crippen LogP) is 2.25. The standard InChI is InChI=1S/C9H11N3OS2/c1-6-10-3-7(15-6)4-12(2)9-11-8(13)5-14-9/h3,5,13H,4H2,1-2H3. The Balaban J connectivity index is 2.06. The highest BCUT2D eigenvalue weighted by atomic mass is 32.1. The van der Waals surface area contributed by atoms with Crippen LogP contribution < -0.4 is 4.90 Å². The van der Waals surface area contributed by atoms with Gasteiger partial charge in [0.05, 0.1) is 16.9 Å². The second-order valence-corrected chi connectivity index (χ2v) is 5.35. The fourth-order valence-corrected chi connectivity index (χ4v) is 2.71. The molecule has 0 fully saturated rings. The monoisotopic (exact) mass is 241 g/mol. The van der Waals surface area contributed by atoms with Gasteiger partial charge in [-0.2, -0.15) is 4.98 Å². The average molecular weight is 241 g/mol. The minimum atomic E-state index is 0.0855. The van der Waals surface area contributed by atoms with Crippen molar-refractivity contribution in [2.75, 3.05) is 11.9 Å². The molecular weight excluding hydrogens is 230 g/mol. The fourth-order valence-electron chi connectivity index (χ4n) is 1.21. The smallest absolute Gasteiger partial charge is 0.223 e. The molecule has 0 spiro atoms. The van der Waals surface area contributed by atoms with Crippen LogP contribution >= 0.6 is 22.7 Å². The van der Waals surface area contributed by atoms with Crippen molar-refractivity contribution in [3.63, 3.8) is 0 Å². The van der Waals surface area contributed by atoms with Gasteiger partial charge >= 0.3 is 0 Å². The first-order chi connectivity index (χ1) is 7.15. The van der Waals surface area contributed by atoms with E-state index in [1.54, 1.807) is 16.7 Å². The minimum absolute atomic E-state index is 0.0855. The topological polar surface area (TPSA) is 49.2 Å².